The minimum absolute atomic E-state index is 0.0451. The third kappa shape index (κ3) is 4.51. The number of para-hydroxylation sites is 1. The molecule has 0 aliphatic heterocycles. The normalized spacial score (nSPS) is 11.2. The molecule has 0 unspecified atom stereocenters. The number of rotatable bonds is 7. The van der Waals surface area contributed by atoms with Crippen LogP contribution in [0.2, 0.25) is 0 Å². The lowest BCUT2D eigenvalue weighted by atomic mass is 10.2. The molecule has 0 radical (unpaired) electrons. The summed E-state index contributed by atoms with van der Waals surface area (Å²) in [5.74, 6) is -1.79. The van der Waals surface area contributed by atoms with Crippen LogP contribution in [-0.4, -0.2) is 32.6 Å². The molecule has 0 aromatic heterocycles. The predicted octanol–water partition coefficient (Wildman–Crippen LogP) is 1.88. The molecular weight excluding hydrogens is 325 g/mol. The Kier molecular flexibility index (Phi) is 5.30. The summed E-state index contributed by atoms with van der Waals surface area (Å²) in [5.41, 5.74) is -0.313. The van der Waals surface area contributed by atoms with Crippen molar-refractivity contribution in [3.63, 3.8) is 0 Å². The van der Waals surface area contributed by atoms with Crippen LogP contribution in [0.15, 0.2) is 53.4 Å². The summed E-state index contributed by atoms with van der Waals surface area (Å²) < 4.78 is 45.2. The summed E-state index contributed by atoms with van der Waals surface area (Å²) >= 11 is 0. The topological polar surface area (TPSA) is 92.7 Å². The van der Waals surface area contributed by atoms with Gasteiger partial charge in [0.25, 0.3) is 0 Å². The molecule has 0 bridgehead atoms. The number of nitrogens with one attached hydrogen (secondary N) is 1. The molecule has 0 amide bonds. The van der Waals surface area contributed by atoms with Gasteiger partial charge in [-0.1, -0.05) is 18.2 Å². The fourth-order valence-corrected chi connectivity index (χ4v) is 2.90. The molecule has 0 saturated carbocycles. The average molecular weight is 339 g/mol. The van der Waals surface area contributed by atoms with E-state index in [9.17, 15) is 17.6 Å². The zero-order valence-corrected chi connectivity index (χ0v) is 12.7. The van der Waals surface area contributed by atoms with E-state index in [1.165, 1.54) is 0 Å². The van der Waals surface area contributed by atoms with Crippen LogP contribution in [0.4, 0.5) is 4.39 Å². The van der Waals surface area contributed by atoms with Crippen LogP contribution in [-0.2, 0) is 10.0 Å². The molecule has 0 atom stereocenters. The summed E-state index contributed by atoms with van der Waals surface area (Å²) in [6, 6.07) is 11.4. The highest BCUT2D eigenvalue weighted by Gasteiger charge is 2.20. The van der Waals surface area contributed by atoms with E-state index in [4.69, 9.17) is 9.84 Å². The van der Waals surface area contributed by atoms with E-state index in [0.717, 1.165) is 18.2 Å². The third-order valence-electron chi connectivity index (χ3n) is 2.87. The fraction of sp³-hybridized carbons (Fsp3) is 0.133. The quantitative estimate of drug-likeness (QED) is 0.752. The van der Waals surface area contributed by atoms with Crippen LogP contribution in [0.1, 0.15) is 10.4 Å². The van der Waals surface area contributed by atoms with Crippen molar-refractivity contribution in [2.45, 2.75) is 4.90 Å². The van der Waals surface area contributed by atoms with Gasteiger partial charge in [0.15, 0.2) is 0 Å². The predicted molar refractivity (Wildman–Crippen MR) is 80.5 cm³/mol. The van der Waals surface area contributed by atoms with Gasteiger partial charge in [-0.3, -0.25) is 0 Å². The lowest BCUT2D eigenvalue weighted by Gasteiger charge is -2.09. The van der Waals surface area contributed by atoms with E-state index >= 15 is 0 Å². The molecule has 0 heterocycles. The van der Waals surface area contributed by atoms with Crippen molar-refractivity contribution < 1.29 is 27.4 Å². The number of carboxylic acids is 1. The van der Waals surface area contributed by atoms with Crippen LogP contribution in [0.25, 0.3) is 0 Å². The first kappa shape index (κ1) is 16.9. The molecule has 2 aromatic rings. The van der Waals surface area contributed by atoms with E-state index in [-0.39, 0.29) is 18.7 Å². The molecule has 122 valence electrons. The molecule has 2 aromatic carbocycles. The van der Waals surface area contributed by atoms with Crippen molar-refractivity contribution in [1.82, 2.24) is 4.72 Å². The van der Waals surface area contributed by atoms with Gasteiger partial charge in [-0.25, -0.2) is 22.3 Å². The Labute approximate surface area is 132 Å². The molecule has 0 spiro atoms. The molecular formula is C15H14FNO5S. The molecule has 0 fully saturated rings. The second kappa shape index (κ2) is 7.21. The molecule has 6 nitrogen and oxygen atoms in total. The SMILES string of the molecule is O=C(O)c1ccc(F)c(S(=O)(=O)NCCOc2ccccc2)c1. The maximum atomic E-state index is 13.7. The van der Waals surface area contributed by atoms with E-state index in [1.807, 2.05) is 6.07 Å². The highest BCUT2D eigenvalue weighted by atomic mass is 32.2. The monoisotopic (exact) mass is 339 g/mol. The summed E-state index contributed by atoms with van der Waals surface area (Å²) in [6.45, 7) is -0.0442. The highest BCUT2D eigenvalue weighted by molar-refractivity contribution is 7.89. The first-order valence-electron chi connectivity index (χ1n) is 6.60. The van der Waals surface area contributed by atoms with Crippen LogP contribution in [0.5, 0.6) is 5.75 Å². The van der Waals surface area contributed by atoms with Crippen molar-refractivity contribution in [3.8, 4) is 5.75 Å². The number of sulfonamides is 1. The summed E-state index contributed by atoms with van der Waals surface area (Å²) in [7, 11) is -4.17. The van der Waals surface area contributed by atoms with Crippen molar-refractivity contribution in [2.75, 3.05) is 13.2 Å². The number of carboxylic acid groups (broad SMARTS) is 1. The molecule has 2 N–H and O–H groups in total. The fourth-order valence-electron chi connectivity index (χ4n) is 1.78. The summed E-state index contributed by atoms with van der Waals surface area (Å²) in [6.07, 6.45) is 0. The number of carbonyl (C=O) groups is 1. The van der Waals surface area contributed by atoms with Gasteiger partial charge in [0, 0.05) is 6.54 Å². The molecule has 0 saturated heterocycles. The van der Waals surface area contributed by atoms with Crippen LogP contribution in [0, 0.1) is 5.82 Å². The highest BCUT2D eigenvalue weighted by Crippen LogP contribution is 2.16. The molecule has 0 aliphatic rings. The molecule has 23 heavy (non-hydrogen) atoms. The van der Waals surface area contributed by atoms with E-state index in [0.29, 0.717) is 5.75 Å². The van der Waals surface area contributed by atoms with Gasteiger partial charge in [-0.05, 0) is 30.3 Å². The zero-order chi connectivity index (χ0) is 16.9. The second-order valence-electron chi connectivity index (χ2n) is 4.51. The Morgan fingerprint density at radius 2 is 1.87 bits per heavy atom. The summed E-state index contributed by atoms with van der Waals surface area (Å²) in [5, 5.41) is 8.85. The van der Waals surface area contributed by atoms with E-state index < -0.39 is 26.7 Å². The van der Waals surface area contributed by atoms with Gasteiger partial charge in [-0.15, -0.1) is 0 Å². The Hall–Kier alpha value is -2.45. The van der Waals surface area contributed by atoms with Crippen molar-refractivity contribution >= 4 is 16.0 Å². The van der Waals surface area contributed by atoms with Gasteiger partial charge >= 0.3 is 5.97 Å². The number of benzene rings is 2. The molecule has 8 heteroatoms. The number of aromatic carboxylic acids is 1. The first-order chi connectivity index (χ1) is 10.9. The van der Waals surface area contributed by atoms with Gasteiger partial charge in [0.05, 0.1) is 5.56 Å². The van der Waals surface area contributed by atoms with Crippen LogP contribution in [0.3, 0.4) is 0 Å². The van der Waals surface area contributed by atoms with E-state index in [2.05, 4.69) is 4.72 Å². The average Bonchev–Trinajstić information content (AvgIpc) is 2.52. The van der Waals surface area contributed by atoms with Crippen molar-refractivity contribution in [2.24, 2.45) is 0 Å². The minimum Gasteiger partial charge on any atom is -0.492 e. The molecule has 2 rings (SSSR count). The first-order valence-corrected chi connectivity index (χ1v) is 8.09. The maximum absolute atomic E-state index is 13.7. The largest absolute Gasteiger partial charge is 0.492 e. The van der Waals surface area contributed by atoms with Crippen molar-refractivity contribution in [1.29, 1.82) is 0 Å². The number of hydrogen-bond donors (Lipinski definition) is 2. The molecule has 0 aliphatic carbocycles. The number of ether oxygens (including phenoxy) is 1. The van der Waals surface area contributed by atoms with Gasteiger partial charge in [0.2, 0.25) is 10.0 Å². The maximum Gasteiger partial charge on any atom is 0.335 e. The number of hydrogen-bond acceptors (Lipinski definition) is 4. The Morgan fingerprint density at radius 3 is 2.52 bits per heavy atom. The minimum atomic E-state index is -4.17. The lowest BCUT2D eigenvalue weighted by Crippen LogP contribution is -2.29. The van der Waals surface area contributed by atoms with Gasteiger partial charge < -0.3 is 9.84 Å². The smallest absolute Gasteiger partial charge is 0.335 e. The van der Waals surface area contributed by atoms with Gasteiger partial charge in [-0.2, -0.15) is 0 Å². The van der Waals surface area contributed by atoms with Crippen LogP contribution >= 0.6 is 0 Å². The standard InChI is InChI=1S/C15H14FNO5S/c16-13-7-6-11(15(18)19)10-14(13)23(20,21)17-8-9-22-12-4-2-1-3-5-12/h1-7,10,17H,8-9H2,(H,18,19). The Morgan fingerprint density at radius 1 is 1.17 bits per heavy atom. The third-order valence-corrected chi connectivity index (χ3v) is 4.35. The Bertz CT molecular complexity index is 793. The second-order valence-corrected chi connectivity index (χ2v) is 6.25. The van der Waals surface area contributed by atoms with E-state index in [1.54, 1.807) is 24.3 Å². The Balaban J connectivity index is 2.01. The van der Waals surface area contributed by atoms with Gasteiger partial charge in [0.1, 0.15) is 23.1 Å². The zero-order valence-electron chi connectivity index (χ0n) is 11.9. The lowest BCUT2D eigenvalue weighted by molar-refractivity contribution is 0.0696. The van der Waals surface area contributed by atoms with Crippen molar-refractivity contribution in [3.05, 3.63) is 59.9 Å². The number of halogens is 1. The van der Waals surface area contributed by atoms with Crippen LogP contribution < -0.4 is 9.46 Å². The summed E-state index contributed by atoms with van der Waals surface area (Å²) in [4.78, 5) is 10.1.